The Kier molecular flexibility index (Phi) is 8.88. The van der Waals surface area contributed by atoms with Gasteiger partial charge in [0.1, 0.15) is 6.04 Å². The van der Waals surface area contributed by atoms with Gasteiger partial charge in [0.15, 0.2) is 5.65 Å². The highest BCUT2D eigenvalue weighted by Crippen LogP contribution is 2.11. The van der Waals surface area contributed by atoms with Crippen LogP contribution in [0.1, 0.15) is 30.5 Å². The second-order valence-corrected chi connectivity index (χ2v) is 7.67. The molecule has 172 valence electrons. The Balaban J connectivity index is 1.39. The maximum absolute atomic E-state index is 12.3. The first-order valence-electron chi connectivity index (χ1n) is 10.9. The monoisotopic (exact) mass is 448 g/mol. The van der Waals surface area contributed by atoms with Crippen LogP contribution in [0.5, 0.6) is 0 Å². The van der Waals surface area contributed by atoms with Gasteiger partial charge in [0.05, 0.1) is 13.5 Å². The van der Waals surface area contributed by atoms with Crippen molar-refractivity contribution in [3.63, 3.8) is 0 Å². The Morgan fingerprint density at radius 2 is 1.79 bits per heavy atom. The number of benzene rings is 1. The smallest absolute Gasteiger partial charge is 0.330 e. The van der Waals surface area contributed by atoms with E-state index in [0.29, 0.717) is 12.8 Å². The Hall–Kier alpha value is -3.81. The Morgan fingerprint density at radius 3 is 2.58 bits per heavy atom. The third kappa shape index (κ3) is 7.68. The number of hydrogen-bond donors (Lipinski definition) is 2. The number of nitrogens with one attached hydrogen (secondary N) is 2. The van der Waals surface area contributed by atoms with Gasteiger partial charge in [-0.15, -0.1) is 0 Å². The second kappa shape index (κ2) is 12.3. The quantitative estimate of drug-likeness (QED) is 0.344. The molecule has 0 saturated carbocycles. The van der Waals surface area contributed by atoms with Crippen LogP contribution in [0.4, 0.5) is 0 Å². The van der Waals surface area contributed by atoms with Crippen molar-refractivity contribution in [1.82, 2.24) is 20.6 Å². The summed E-state index contributed by atoms with van der Waals surface area (Å²) in [5.41, 5.74) is 2.49. The number of esters is 1. The maximum atomic E-state index is 12.3. The number of pyridine rings is 2. The number of unbranched alkanes of at least 4 members (excludes halogenated alkanes) is 1. The van der Waals surface area contributed by atoms with Crippen molar-refractivity contribution in [2.45, 2.75) is 38.1 Å². The van der Waals surface area contributed by atoms with Crippen molar-refractivity contribution >= 4 is 28.8 Å². The minimum atomic E-state index is -0.940. The van der Waals surface area contributed by atoms with Crippen LogP contribution < -0.4 is 10.6 Å². The van der Waals surface area contributed by atoms with Crippen LogP contribution in [0.15, 0.2) is 60.8 Å². The number of rotatable bonds is 11. The molecule has 0 saturated heterocycles. The molecule has 0 fully saturated rings. The Bertz CT molecular complexity index is 1090. The SMILES string of the molecule is COC(=O)[C@H](CNC(=O)CCCCc1ccc2cccnc2n1)NC(=O)Cc1ccccc1. The number of aromatic nitrogens is 2. The molecule has 3 rings (SSSR count). The van der Waals surface area contributed by atoms with E-state index >= 15 is 0 Å². The normalized spacial score (nSPS) is 11.5. The van der Waals surface area contributed by atoms with E-state index < -0.39 is 12.0 Å². The Morgan fingerprint density at radius 1 is 0.970 bits per heavy atom. The molecule has 8 nitrogen and oxygen atoms in total. The third-order valence-corrected chi connectivity index (χ3v) is 5.14. The van der Waals surface area contributed by atoms with Gasteiger partial charge in [0.2, 0.25) is 11.8 Å². The molecule has 0 radical (unpaired) electrons. The zero-order valence-corrected chi connectivity index (χ0v) is 18.6. The molecule has 2 amide bonds. The first kappa shape index (κ1) is 23.8. The minimum absolute atomic E-state index is 0.0239. The largest absolute Gasteiger partial charge is 0.467 e. The van der Waals surface area contributed by atoms with Crippen LogP contribution in [-0.2, 0) is 32.0 Å². The van der Waals surface area contributed by atoms with E-state index in [1.807, 2.05) is 54.6 Å². The fraction of sp³-hybridized carbons (Fsp3) is 0.320. The van der Waals surface area contributed by atoms with E-state index in [1.165, 1.54) is 7.11 Å². The van der Waals surface area contributed by atoms with E-state index in [2.05, 4.69) is 20.6 Å². The van der Waals surface area contributed by atoms with Gasteiger partial charge in [-0.3, -0.25) is 9.59 Å². The fourth-order valence-corrected chi connectivity index (χ4v) is 3.39. The predicted molar refractivity (Wildman–Crippen MR) is 124 cm³/mol. The van der Waals surface area contributed by atoms with Crippen molar-refractivity contribution in [1.29, 1.82) is 0 Å². The van der Waals surface area contributed by atoms with Crippen molar-refractivity contribution in [3.8, 4) is 0 Å². The molecule has 0 aliphatic rings. The average molecular weight is 449 g/mol. The van der Waals surface area contributed by atoms with Crippen molar-refractivity contribution in [2.24, 2.45) is 0 Å². The van der Waals surface area contributed by atoms with E-state index in [9.17, 15) is 14.4 Å². The van der Waals surface area contributed by atoms with Crippen LogP contribution in [-0.4, -0.2) is 47.4 Å². The van der Waals surface area contributed by atoms with Gasteiger partial charge >= 0.3 is 5.97 Å². The van der Waals surface area contributed by atoms with E-state index in [4.69, 9.17) is 4.74 Å². The molecule has 1 aromatic carbocycles. The number of methoxy groups -OCH3 is 1. The van der Waals surface area contributed by atoms with Crippen molar-refractivity contribution in [2.75, 3.05) is 13.7 Å². The number of nitrogens with zero attached hydrogens (tertiary/aromatic N) is 2. The zero-order valence-electron chi connectivity index (χ0n) is 18.6. The van der Waals surface area contributed by atoms with Crippen molar-refractivity contribution in [3.05, 3.63) is 72.1 Å². The third-order valence-electron chi connectivity index (χ3n) is 5.14. The van der Waals surface area contributed by atoms with Crippen LogP contribution in [0.3, 0.4) is 0 Å². The molecule has 2 heterocycles. The topological polar surface area (TPSA) is 110 Å². The van der Waals surface area contributed by atoms with Gasteiger partial charge in [-0.05, 0) is 49.1 Å². The lowest BCUT2D eigenvalue weighted by Crippen LogP contribution is -2.49. The summed E-state index contributed by atoms with van der Waals surface area (Å²) in [5, 5.41) is 6.34. The van der Waals surface area contributed by atoms with Crippen LogP contribution in [0.25, 0.3) is 11.0 Å². The molecule has 0 spiro atoms. The van der Waals surface area contributed by atoms with Gasteiger partial charge in [0, 0.05) is 30.2 Å². The summed E-state index contributed by atoms with van der Waals surface area (Å²) < 4.78 is 4.76. The standard InChI is InChI=1S/C25H28N4O4/c1-33-25(32)21(29-23(31)16-18-8-3-2-4-9-18)17-27-22(30)12-6-5-11-20-14-13-19-10-7-15-26-24(19)28-20/h2-4,7-10,13-15,21H,5-6,11-12,16-17H2,1H3,(H,27,30)(H,29,31)/t21-/m0/s1. The molecule has 2 aromatic heterocycles. The summed E-state index contributed by atoms with van der Waals surface area (Å²) in [4.78, 5) is 45.3. The summed E-state index contributed by atoms with van der Waals surface area (Å²) in [5.74, 6) is -1.11. The number of carbonyl (C=O) groups is 3. The number of ether oxygens (including phenoxy) is 1. The van der Waals surface area contributed by atoms with Crippen LogP contribution >= 0.6 is 0 Å². The van der Waals surface area contributed by atoms with Gasteiger partial charge < -0.3 is 15.4 Å². The molecule has 0 aliphatic carbocycles. The van der Waals surface area contributed by atoms with E-state index in [1.54, 1.807) is 6.20 Å². The highest BCUT2D eigenvalue weighted by atomic mass is 16.5. The highest BCUT2D eigenvalue weighted by Gasteiger charge is 2.22. The molecule has 3 aromatic rings. The van der Waals surface area contributed by atoms with Gasteiger partial charge in [-0.1, -0.05) is 30.3 Å². The molecular weight excluding hydrogens is 420 g/mol. The summed E-state index contributed by atoms with van der Waals surface area (Å²) in [6, 6.07) is 16.1. The molecule has 33 heavy (non-hydrogen) atoms. The number of aryl methyl sites for hydroxylation is 1. The number of carbonyl (C=O) groups excluding carboxylic acids is 3. The van der Waals surface area contributed by atoms with Crippen molar-refractivity contribution < 1.29 is 19.1 Å². The number of amides is 2. The van der Waals surface area contributed by atoms with Crippen LogP contribution in [0.2, 0.25) is 0 Å². The fourth-order valence-electron chi connectivity index (χ4n) is 3.39. The first-order valence-corrected chi connectivity index (χ1v) is 10.9. The first-order chi connectivity index (χ1) is 16.0. The predicted octanol–water partition coefficient (Wildman–Crippen LogP) is 2.36. The van der Waals surface area contributed by atoms with E-state index in [-0.39, 0.29) is 24.8 Å². The van der Waals surface area contributed by atoms with Gasteiger partial charge in [-0.2, -0.15) is 0 Å². The van der Waals surface area contributed by atoms with Gasteiger partial charge in [0.25, 0.3) is 0 Å². The summed E-state index contributed by atoms with van der Waals surface area (Å²) in [6.07, 6.45) is 4.40. The highest BCUT2D eigenvalue weighted by molar-refractivity contribution is 5.86. The summed E-state index contributed by atoms with van der Waals surface area (Å²) in [7, 11) is 1.25. The summed E-state index contributed by atoms with van der Waals surface area (Å²) in [6.45, 7) is -0.0239. The minimum Gasteiger partial charge on any atom is -0.467 e. The van der Waals surface area contributed by atoms with Gasteiger partial charge in [-0.25, -0.2) is 14.8 Å². The lowest BCUT2D eigenvalue weighted by atomic mass is 10.1. The molecule has 0 bridgehead atoms. The molecule has 2 N–H and O–H groups in total. The molecule has 8 heteroatoms. The molecule has 0 unspecified atom stereocenters. The lowest BCUT2D eigenvalue weighted by Gasteiger charge is -2.17. The molecule has 1 atom stereocenters. The number of hydrogen-bond acceptors (Lipinski definition) is 6. The summed E-state index contributed by atoms with van der Waals surface area (Å²) >= 11 is 0. The second-order valence-electron chi connectivity index (χ2n) is 7.67. The molecular formula is C25H28N4O4. The Labute approximate surface area is 192 Å². The zero-order chi connectivity index (χ0) is 23.5. The van der Waals surface area contributed by atoms with E-state index in [0.717, 1.165) is 35.1 Å². The average Bonchev–Trinajstić information content (AvgIpc) is 2.84. The maximum Gasteiger partial charge on any atom is 0.330 e. The lowest BCUT2D eigenvalue weighted by molar-refractivity contribution is -0.145. The number of fused-ring (bicyclic) bond motifs is 1. The van der Waals surface area contributed by atoms with Crippen LogP contribution in [0, 0.1) is 0 Å². The molecule has 0 aliphatic heterocycles.